The molecule has 0 spiro atoms. The van der Waals surface area contributed by atoms with E-state index in [0.717, 1.165) is 18.4 Å². The van der Waals surface area contributed by atoms with Crippen LogP contribution in [0, 0.1) is 5.82 Å². The van der Waals surface area contributed by atoms with Crippen LogP contribution < -0.4 is 16.8 Å². The number of aromatic nitrogens is 6. The lowest BCUT2D eigenvalue weighted by Gasteiger charge is -2.08. The predicted molar refractivity (Wildman–Crippen MR) is 134 cm³/mol. The van der Waals surface area contributed by atoms with Gasteiger partial charge in [-0.2, -0.15) is 0 Å². The van der Waals surface area contributed by atoms with Crippen LogP contribution >= 0.6 is 11.3 Å². The molecule has 11 heteroatoms. The second-order valence-electron chi connectivity index (χ2n) is 8.22. The summed E-state index contributed by atoms with van der Waals surface area (Å²) in [4.78, 5) is 50.7. The number of rotatable bonds is 7. The van der Waals surface area contributed by atoms with Gasteiger partial charge in [-0.05, 0) is 31.0 Å². The zero-order valence-corrected chi connectivity index (χ0v) is 20.1. The Morgan fingerprint density at radius 1 is 1.09 bits per heavy atom. The maximum absolute atomic E-state index is 13.5. The van der Waals surface area contributed by atoms with E-state index < -0.39 is 11.2 Å². The summed E-state index contributed by atoms with van der Waals surface area (Å²) >= 11 is 1.34. The molecule has 35 heavy (non-hydrogen) atoms. The van der Waals surface area contributed by atoms with Gasteiger partial charge >= 0.3 is 5.69 Å². The first-order chi connectivity index (χ1) is 16.9. The monoisotopic (exact) mass is 494 g/mol. The number of nitrogens with zero attached hydrogens (tertiary/aromatic N) is 5. The van der Waals surface area contributed by atoms with Crippen molar-refractivity contribution in [3.05, 3.63) is 78.8 Å². The highest BCUT2D eigenvalue weighted by atomic mass is 32.1. The summed E-state index contributed by atoms with van der Waals surface area (Å²) in [6.07, 6.45) is 3.11. The van der Waals surface area contributed by atoms with Gasteiger partial charge in [0.25, 0.3) is 11.1 Å². The fourth-order valence-corrected chi connectivity index (χ4v) is 5.18. The topological polar surface area (TPSA) is 108 Å². The smallest absolute Gasteiger partial charge is 0.321 e. The van der Waals surface area contributed by atoms with Gasteiger partial charge in [-0.25, -0.2) is 19.2 Å². The van der Waals surface area contributed by atoms with Crippen molar-refractivity contribution in [2.45, 2.75) is 46.3 Å². The van der Waals surface area contributed by atoms with Gasteiger partial charge in [0.1, 0.15) is 16.5 Å². The van der Waals surface area contributed by atoms with Crippen molar-refractivity contribution >= 4 is 32.7 Å². The van der Waals surface area contributed by atoms with Gasteiger partial charge in [-0.1, -0.05) is 25.5 Å². The Bertz CT molecular complexity index is 1730. The Morgan fingerprint density at radius 3 is 2.57 bits per heavy atom. The Balaban J connectivity index is 1.65. The molecule has 0 saturated carbocycles. The average Bonchev–Trinajstić information content (AvgIpc) is 3.43. The molecule has 0 bridgehead atoms. The molecule has 5 aromatic rings. The molecule has 0 fully saturated rings. The molecule has 4 aromatic heterocycles. The number of hydrogen-bond acceptors (Lipinski definition) is 6. The fraction of sp³-hybridized carbons (Fsp3) is 0.292. The lowest BCUT2D eigenvalue weighted by atomic mass is 10.1. The highest BCUT2D eigenvalue weighted by Gasteiger charge is 2.20. The molecule has 0 atom stereocenters. The number of imidazole rings is 1. The van der Waals surface area contributed by atoms with Crippen LogP contribution in [0.25, 0.3) is 32.5 Å². The van der Waals surface area contributed by atoms with E-state index in [1.54, 1.807) is 16.7 Å². The van der Waals surface area contributed by atoms with Crippen LogP contribution in [0.4, 0.5) is 4.39 Å². The van der Waals surface area contributed by atoms with Crippen LogP contribution in [-0.4, -0.2) is 28.7 Å². The molecule has 0 aliphatic rings. The SMILES string of the molecule is CCCCn1c(=O)[nH]c(=O)c2c1nc(Cn1cnc3scc(-c4ccc(F)cc4)c3c1=O)n2CC. The third-order valence-electron chi connectivity index (χ3n) is 6.04. The maximum atomic E-state index is 13.5. The molecule has 9 nitrogen and oxygen atoms in total. The first kappa shape index (κ1) is 22.9. The normalized spacial score (nSPS) is 11.6. The molecule has 0 radical (unpaired) electrons. The largest absolute Gasteiger partial charge is 0.330 e. The molecule has 1 N–H and O–H groups in total. The van der Waals surface area contributed by atoms with Crippen LogP contribution in [0.1, 0.15) is 32.5 Å². The van der Waals surface area contributed by atoms with Crippen LogP contribution in [0.3, 0.4) is 0 Å². The number of fused-ring (bicyclic) bond motifs is 2. The standard InChI is InChI=1S/C24H23FN6O3S/c1-3-5-10-31-20-19(21(32)28-24(31)34)30(4-2)17(27-20)11-29-13-26-22-18(23(29)33)16(12-35-22)14-6-8-15(25)9-7-14/h6-9,12-13H,3-5,10-11H2,1-2H3,(H,28,32,34). The van der Waals surface area contributed by atoms with E-state index in [9.17, 15) is 18.8 Å². The first-order valence-corrected chi connectivity index (χ1v) is 12.3. The second-order valence-corrected chi connectivity index (χ2v) is 9.08. The van der Waals surface area contributed by atoms with E-state index in [1.807, 2.05) is 19.2 Å². The van der Waals surface area contributed by atoms with Crippen molar-refractivity contribution in [2.75, 3.05) is 0 Å². The van der Waals surface area contributed by atoms with Gasteiger partial charge in [0.05, 0.1) is 18.3 Å². The van der Waals surface area contributed by atoms with Crippen molar-refractivity contribution in [3.8, 4) is 11.1 Å². The maximum Gasteiger partial charge on any atom is 0.330 e. The van der Waals surface area contributed by atoms with Crippen molar-refractivity contribution < 1.29 is 4.39 Å². The Labute approximate surface area is 202 Å². The van der Waals surface area contributed by atoms with E-state index in [-0.39, 0.29) is 17.9 Å². The highest BCUT2D eigenvalue weighted by Crippen LogP contribution is 2.30. The zero-order valence-electron chi connectivity index (χ0n) is 19.2. The van der Waals surface area contributed by atoms with Crippen LogP contribution in [0.5, 0.6) is 0 Å². The van der Waals surface area contributed by atoms with Gasteiger partial charge in [0.15, 0.2) is 11.2 Å². The number of unbranched alkanes of at least 4 members (excludes halogenated alkanes) is 1. The number of nitrogens with one attached hydrogen (secondary N) is 1. The number of halogens is 1. The van der Waals surface area contributed by atoms with E-state index >= 15 is 0 Å². The third-order valence-corrected chi connectivity index (χ3v) is 6.93. The third kappa shape index (κ3) is 3.91. The molecule has 0 aliphatic carbocycles. The molecule has 0 aliphatic heterocycles. The quantitative estimate of drug-likeness (QED) is 0.373. The summed E-state index contributed by atoms with van der Waals surface area (Å²) in [5.74, 6) is 0.125. The Morgan fingerprint density at radius 2 is 1.86 bits per heavy atom. The van der Waals surface area contributed by atoms with E-state index in [4.69, 9.17) is 0 Å². The minimum atomic E-state index is -0.504. The van der Waals surface area contributed by atoms with Crippen molar-refractivity contribution in [1.29, 1.82) is 0 Å². The second kappa shape index (κ2) is 9.06. The zero-order chi connectivity index (χ0) is 24.7. The molecule has 1 aromatic carbocycles. The Hall–Kier alpha value is -3.86. The minimum absolute atomic E-state index is 0.0738. The molecular formula is C24H23FN6O3S. The van der Waals surface area contributed by atoms with E-state index in [1.165, 1.54) is 38.9 Å². The van der Waals surface area contributed by atoms with E-state index in [0.29, 0.717) is 45.9 Å². The minimum Gasteiger partial charge on any atom is -0.321 e. The summed E-state index contributed by atoms with van der Waals surface area (Å²) < 4.78 is 18.1. The molecule has 180 valence electrons. The summed E-state index contributed by atoms with van der Waals surface area (Å²) in [7, 11) is 0. The predicted octanol–water partition coefficient (Wildman–Crippen LogP) is 3.33. The van der Waals surface area contributed by atoms with Gasteiger partial charge in [0.2, 0.25) is 0 Å². The summed E-state index contributed by atoms with van der Waals surface area (Å²) in [5.41, 5.74) is 0.771. The van der Waals surface area contributed by atoms with E-state index in [2.05, 4.69) is 15.0 Å². The van der Waals surface area contributed by atoms with Crippen LogP contribution in [0.2, 0.25) is 0 Å². The first-order valence-electron chi connectivity index (χ1n) is 11.4. The molecular weight excluding hydrogens is 471 g/mol. The fourth-order valence-electron chi connectivity index (χ4n) is 4.28. The average molecular weight is 495 g/mol. The van der Waals surface area contributed by atoms with Gasteiger partial charge in [-0.15, -0.1) is 11.3 Å². The van der Waals surface area contributed by atoms with Crippen molar-refractivity contribution in [2.24, 2.45) is 0 Å². The molecule has 0 amide bonds. The molecule has 0 unspecified atom stereocenters. The highest BCUT2D eigenvalue weighted by molar-refractivity contribution is 7.17. The number of hydrogen-bond donors (Lipinski definition) is 1. The number of aryl methyl sites for hydroxylation is 2. The number of benzene rings is 1. The summed E-state index contributed by atoms with van der Waals surface area (Å²) in [6.45, 7) is 4.84. The van der Waals surface area contributed by atoms with Crippen LogP contribution in [-0.2, 0) is 19.6 Å². The number of thiophene rings is 1. The lowest BCUT2D eigenvalue weighted by Crippen LogP contribution is -2.31. The van der Waals surface area contributed by atoms with Gasteiger partial charge in [-0.3, -0.25) is 23.7 Å². The molecule has 4 heterocycles. The van der Waals surface area contributed by atoms with Crippen molar-refractivity contribution in [3.63, 3.8) is 0 Å². The van der Waals surface area contributed by atoms with Gasteiger partial charge in [0, 0.05) is 24.0 Å². The summed E-state index contributed by atoms with van der Waals surface area (Å²) in [6, 6.07) is 5.97. The lowest BCUT2D eigenvalue weighted by molar-refractivity contribution is 0.612. The Kier molecular flexibility index (Phi) is 5.93. The summed E-state index contributed by atoms with van der Waals surface area (Å²) in [5, 5.41) is 2.28. The number of H-pyrrole nitrogens is 1. The van der Waals surface area contributed by atoms with Gasteiger partial charge < -0.3 is 4.57 Å². The van der Waals surface area contributed by atoms with Crippen LogP contribution in [0.15, 0.2) is 50.4 Å². The van der Waals surface area contributed by atoms with Crippen molar-refractivity contribution in [1.82, 2.24) is 28.7 Å². The molecule has 5 rings (SSSR count). The molecule has 0 saturated heterocycles. The number of aromatic amines is 1.